The molecule has 1 aliphatic heterocycles. The quantitative estimate of drug-likeness (QED) is 0.858. The third kappa shape index (κ3) is 2.81. The second-order valence-electron chi connectivity index (χ2n) is 6.05. The Hall–Kier alpha value is -1.35. The van der Waals surface area contributed by atoms with Gasteiger partial charge in [-0.25, -0.2) is 0 Å². The van der Waals surface area contributed by atoms with Crippen LogP contribution in [0.1, 0.15) is 43.0 Å². The normalized spacial score (nSPS) is 31.2. The van der Waals surface area contributed by atoms with Crippen LogP contribution in [0.3, 0.4) is 0 Å². The SMILES string of the molecule is Cc1ccc(C)c(C2NC(C)CC(C)C2C(N)=O)c1. The van der Waals surface area contributed by atoms with Crippen molar-refractivity contribution in [3.05, 3.63) is 34.9 Å². The maximum Gasteiger partial charge on any atom is 0.222 e. The monoisotopic (exact) mass is 260 g/mol. The highest BCUT2D eigenvalue weighted by Gasteiger charge is 2.38. The number of hydrogen-bond acceptors (Lipinski definition) is 2. The fourth-order valence-corrected chi connectivity index (χ4v) is 3.33. The van der Waals surface area contributed by atoms with E-state index in [9.17, 15) is 4.79 Å². The lowest BCUT2D eigenvalue weighted by Crippen LogP contribution is -2.49. The Morgan fingerprint density at radius 3 is 2.63 bits per heavy atom. The largest absolute Gasteiger partial charge is 0.369 e. The molecular weight excluding hydrogens is 236 g/mol. The standard InChI is InChI=1S/C16H24N2O/c1-9-5-6-10(2)13(7-9)15-14(16(17)19)11(3)8-12(4)18-15/h5-7,11-12,14-15,18H,8H2,1-4H3,(H2,17,19). The summed E-state index contributed by atoms with van der Waals surface area (Å²) < 4.78 is 0. The topological polar surface area (TPSA) is 55.1 Å². The third-order valence-electron chi connectivity index (χ3n) is 4.26. The number of amides is 1. The molecule has 4 atom stereocenters. The van der Waals surface area contributed by atoms with E-state index in [1.165, 1.54) is 16.7 Å². The van der Waals surface area contributed by atoms with Crippen LogP contribution in [0.25, 0.3) is 0 Å². The van der Waals surface area contributed by atoms with Crippen molar-refractivity contribution in [2.75, 3.05) is 0 Å². The first-order valence-electron chi connectivity index (χ1n) is 7.02. The van der Waals surface area contributed by atoms with E-state index in [1.807, 2.05) is 0 Å². The summed E-state index contributed by atoms with van der Waals surface area (Å²) in [5.74, 6) is -0.00633. The van der Waals surface area contributed by atoms with Gasteiger partial charge in [-0.1, -0.05) is 30.7 Å². The van der Waals surface area contributed by atoms with Gasteiger partial charge >= 0.3 is 0 Å². The molecule has 1 saturated heterocycles. The number of hydrogen-bond donors (Lipinski definition) is 2. The molecule has 1 heterocycles. The number of rotatable bonds is 2. The molecule has 1 amide bonds. The van der Waals surface area contributed by atoms with Gasteiger partial charge in [-0.15, -0.1) is 0 Å². The van der Waals surface area contributed by atoms with Crippen molar-refractivity contribution in [1.29, 1.82) is 0 Å². The maximum atomic E-state index is 11.8. The van der Waals surface area contributed by atoms with E-state index in [1.54, 1.807) is 0 Å². The van der Waals surface area contributed by atoms with Crippen molar-refractivity contribution in [2.24, 2.45) is 17.6 Å². The highest BCUT2D eigenvalue weighted by Crippen LogP contribution is 2.36. The number of nitrogens with one attached hydrogen (secondary N) is 1. The van der Waals surface area contributed by atoms with Crippen LogP contribution in [0, 0.1) is 25.7 Å². The van der Waals surface area contributed by atoms with Gasteiger partial charge in [-0.2, -0.15) is 0 Å². The number of carbonyl (C=O) groups is 1. The number of carbonyl (C=O) groups excluding carboxylic acids is 1. The summed E-state index contributed by atoms with van der Waals surface area (Å²) in [7, 11) is 0. The zero-order valence-electron chi connectivity index (χ0n) is 12.2. The Bertz CT molecular complexity index is 484. The smallest absolute Gasteiger partial charge is 0.222 e. The molecule has 19 heavy (non-hydrogen) atoms. The van der Waals surface area contributed by atoms with Gasteiger partial charge in [0, 0.05) is 12.1 Å². The first kappa shape index (κ1) is 14.1. The van der Waals surface area contributed by atoms with E-state index in [0.717, 1.165) is 6.42 Å². The minimum Gasteiger partial charge on any atom is -0.369 e. The summed E-state index contributed by atoms with van der Waals surface area (Å²) in [5, 5.41) is 3.56. The zero-order valence-corrected chi connectivity index (χ0v) is 12.2. The molecule has 1 fully saturated rings. The summed E-state index contributed by atoms with van der Waals surface area (Å²) >= 11 is 0. The van der Waals surface area contributed by atoms with Crippen LogP contribution in [-0.2, 0) is 4.79 Å². The van der Waals surface area contributed by atoms with Crippen molar-refractivity contribution >= 4 is 5.91 Å². The van der Waals surface area contributed by atoms with E-state index < -0.39 is 0 Å². The van der Waals surface area contributed by atoms with Gasteiger partial charge in [0.25, 0.3) is 0 Å². The lowest BCUT2D eigenvalue weighted by molar-refractivity contribution is -0.125. The second kappa shape index (κ2) is 5.33. The minimum absolute atomic E-state index is 0.0381. The molecule has 1 aromatic carbocycles. The molecule has 3 heteroatoms. The summed E-state index contributed by atoms with van der Waals surface area (Å²) in [5.41, 5.74) is 9.29. The van der Waals surface area contributed by atoms with E-state index in [4.69, 9.17) is 5.73 Å². The molecule has 0 aliphatic carbocycles. The average Bonchev–Trinajstić information content (AvgIpc) is 2.30. The average molecular weight is 260 g/mol. The number of primary amides is 1. The third-order valence-corrected chi connectivity index (χ3v) is 4.26. The molecule has 0 bridgehead atoms. The van der Waals surface area contributed by atoms with Crippen molar-refractivity contribution in [1.82, 2.24) is 5.32 Å². The molecule has 1 aliphatic rings. The minimum atomic E-state index is -0.196. The lowest BCUT2D eigenvalue weighted by atomic mass is 9.75. The van der Waals surface area contributed by atoms with Gasteiger partial charge in [0.1, 0.15) is 0 Å². The number of benzene rings is 1. The van der Waals surface area contributed by atoms with Crippen molar-refractivity contribution in [3.63, 3.8) is 0 Å². The first-order chi connectivity index (χ1) is 8.90. The van der Waals surface area contributed by atoms with Gasteiger partial charge in [0.05, 0.1) is 5.92 Å². The van der Waals surface area contributed by atoms with Gasteiger partial charge in [0.15, 0.2) is 0 Å². The highest BCUT2D eigenvalue weighted by atomic mass is 16.1. The van der Waals surface area contributed by atoms with Crippen LogP contribution in [0.4, 0.5) is 0 Å². The Balaban J connectivity index is 2.43. The predicted molar refractivity (Wildman–Crippen MR) is 77.7 cm³/mol. The van der Waals surface area contributed by atoms with Gasteiger partial charge in [-0.05, 0) is 44.2 Å². The van der Waals surface area contributed by atoms with Crippen LogP contribution in [0.5, 0.6) is 0 Å². The fraction of sp³-hybridized carbons (Fsp3) is 0.562. The molecule has 104 valence electrons. The molecule has 0 aromatic heterocycles. The lowest BCUT2D eigenvalue weighted by Gasteiger charge is -2.40. The molecule has 2 rings (SSSR count). The second-order valence-corrected chi connectivity index (χ2v) is 6.05. The van der Waals surface area contributed by atoms with Crippen LogP contribution in [0.15, 0.2) is 18.2 Å². The Morgan fingerprint density at radius 1 is 1.32 bits per heavy atom. The van der Waals surface area contributed by atoms with E-state index in [2.05, 4.69) is 51.2 Å². The Kier molecular flexibility index (Phi) is 3.95. The molecule has 0 saturated carbocycles. The van der Waals surface area contributed by atoms with Crippen LogP contribution in [-0.4, -0.2) is 11.9 Å². The first-order valence-corrected chi connectivity index (χ1v) is 7.02. The summed E-state index contributed by atoms with van der Waals surface area (Å²) in [6.45, 7) is 8.48. The van der Waals surface area contributed by atoms with Crippen molar-refractivity contribution in [2.45, 2.75) is 46.2 Å². The van der Waals surface area contributed by atoms with Crippen LogP contribution in [0.2, 0.25) is 0 Å². The number of aryl methyl sites for hydroxylation is 2. The van der Waals surface area contributed by atoms with Gasteiger partial charge in [-0.3, -0.25) is 4.79 Å². The van der Waals surface area contributed by atoms with Crippen LogP contribution >= 0.6 is 0 Å². The summed E-state index contributed by atoms with van der Waals surface area (Å²) in [4.78, 5) is 11.8. The van der Waals surface area contributed by atoms with E-state index in [0.29, 0.717) is 12.0 Å². The summed E-state index contributed by atoms with van der Waals surface area (Å²) in [6.07, 6.45) is 0.995. The Morgan fingerprint density at radius 2 is 2.00 bits per heavy atom. The molecule has 3 nitrogen and oxygen atoms in total. The molecule has 3 N–H and O–H groups in total. The Labute approximate surface area is 115 Å². The summed E-state index contributed by atoms with van der Waals surface area (Å²) in [6, 6.07) is 6.85. The molecule has 0 radical (unpaired) electrons. The van der Waals surface area contributed by atoms with Crippen LogP contribution < -0.4 is 11.1 Å². The van der Waals surface area contributed by atoms with Crippen molar-refractivity contribution in [3.8, 4) is 0 Å². The van der Waals surface area contributed by atoms with Gasteiger partial charge < -0.3 is 11.1 Å². The van der Waals surface area contributed by atoms with Gasteiger partial charge in [0.2, 0.25) is 5.91 Å². The van der Waals surface area contributed by atoms with E-state index in [-0.39, 0.29) is 17.9 Å². The predicted octanol–water partition coefficient (Wildman–Crippen LogP) is 2.46. The fourth-order valence-electron chi connectivity index (χ4n) is 3.33. The molecule has 1 aromatic rings. The maximum absolute atomic E-state index is 11.8. The number of nitrogens with two attached hydrogens (primary N) is 1. The molecule has 4 unspecified atom stereocenters. The van der Waals surface area contributed by atoms with E-state index >= 15 is 0 Å². The zero-order chi connectivity index (χ0) is 14.2. The van der Waals surface area contributed by atoms with Crippen molar-refractivity contribution < 1.29 is 4.79 Å². The number of piperidine rings is 1. The molecule has 0 spiro atoms. The molecular formula is C16H24N2O. The highest BCUT2D eigenvalue weighted by molar-refractivity contribution is 5.78.